The molecule has 0 unspecified atom stereocenters. The van der Waals surface area contributed by atoms with Gasteiger partial charge in [-0.05, 0) is 5.56 Å². The molecule has 0 aliphatic heterocycles. The van der Waals surface area contributed by atoms with Crippen molar-refractivity contribution in [3.05, 3.63) is 29.1 Å². The summed E-state index contributed by atoms with van der Waals surface area (Å²) >= 11 is 0. The van der Waals surface area contributed by atoms with Gasteiger partial charge in [0.2, 0.25) is 0 Å². The van der Waals surface area contributed by atoms with Crippen LogP contribution in [-0.2, 0) is 22.1 Å². The molecule has 0 aliphatic rings. The lowest BCUT2D eigenvalue weighted by molar-refractivity contribution is -0.140. The Morgan fingerprint density at radius 3 is 2.65 bits per heavy atom. The minimum atomic E-state index is -4.68. The number of halogens is 3. The molecule has 0 radical (unpaired) electrons. The maximum absolute atomic E-state index is 12.5. The summed E-state index contributed by atoms with van der Waals surface area (Å²) < 4.78 is 41.9. The second kappa shape index (κ2) is 4.82. The smallest absolute Gasteiger partial charge is 0.419 e. The van der Waals surface area contributed by atoms with Crippen LogP contribution in [0.5, 0.6) is 0 Å². The fourth-order valence-electron chi connectivity index (χ4n) is 1.21. The van der Waals surface area contributed by atoms with Gasteiger partial charge in [-0.15, -0.1) is 0 Å². The van der Waals surface area contributed by atoms with Crippen molar-refractivity contribution in [2.45, 2.75) is 12.6 Å². The van der Waals surface area contributed by atoms with Crippen molar-refractivity contribution in [3.63, 3.8) is 0 Å². The molecule has 0 N–H and O–H groups in total. The number of carbonyl (C=O) groups is 1. The van der Waals surface area contributed by atoms with Crippen LogP contribution in [0.1, 0.15) is 16.7 Å². The molecule has 7 heteroatoms. The van der Waals surface area contributed by atoms with Crippen molar-refractivity contribution in [2.75, 3.05) is 7.11 Å². The van der Waals surface area contributed by atoms with Gasteiger partial charge in [-0.3, -0.25) is 9.78 Å². The van der Waals surface area contributed by atoms with E-state index in [0.717, 1.165) is 13.3 Å². The van der Waals surface area contributed by atoms with Crippen LogP contribution in [0.25, 0.3) is 0 Å². The van der Waals surface area contributed by atoms with E-state index in [1.165, 1.54) is 6.07 Å². The lowest BCUT2D eigenvalue weighted by atomic mass is 10.0. The lowest BCUT2D eigenvalue weighted by Gasteiger charge is -2.10. The van der Waals surface area contributed by atoms with Crippen molar-refractivity contribution >= 4 is 5.97 Å². The Kier molecular flexibility index (Phi) is 3.68. The number of esters is 1. The highest BCUT2D eigenvalue weighted by atomic mass is 19.4. The van der Waals surface area contributed by atoms with Crippen LogP contribution in [0.15, 0.2) is 12.4 Å². The van der Waals surface area contributed by atoms with Gasteiger partial charge in [0.25, 0.3) is 0 Å². The van der Waals surface area contributed by atoms with E-state index in [-0.39, 0.29) is 5.56 Å². The predicted octanol–water partition coefficient (Wildman–Crippen LogP) is 1.69. The zero-order valence-corrected chi connectivity index (χ0v) is 8.71. The van der Waals surface area contributed by atoms with Crippen LogP contribution in [0.4, 0.5) is 13.2 Å². The number of hydrogen-bond donors (Lipinski definition) is 0. The number of carbonyl (C=O) groups excluding carboxylic acids is 1. The Morgan fingerprint density at radius 2 is 2.18 bits per heavy atom. The van der Waals surface area contributed by atoms with Crippen LogP contribution >= 0.6 is 0 Å². The first-order valence-electron chi connectivity index (χ1n) is 4.41. The maximum atomic E-state index is 12.5. The number of nitrogens with zero attached hydrogens (tertiary/aromatic N) is 2. The van der Waals surface area contributed by atoms with Crippen LogP contribution in [0.2, 0.25) is 0 Å². The molecule has 0 spiro atoms. The first-order valence-corrected chi connectivity index (χ1v) is 4.41. The van der Waals surface area contributed by atoms with E-state index in [9.17, 15) is 18.0 Å². The fourth-order valence-corrected chi connectivity index (χ4v) is 1.21. The SMILES string of the molecule is COC(=O)Cc1cncc(C(F)(F)F)c1C#N. The van der Waals surface area contributed by atoms with Crippen LogP contribution in [-0.4, -0.2) is 18.1 Å². The molecule has 4 nitrogen and oxygen atoms in total. The summed E-state index contributed by atoms with van der Waals surface area (Å²) in [6.45, 7) is 0. The van der Waals surface area contributed by atoms with E-state index < -0.39 is 29.7 Å². The molecule has 0 bridgehead atoms. The Hall–Kier alpha value is -2.10. The van der Waals surface area contributed by atoms with Crippen LogP contribution in [0.3, 0.4) is 0 Å². The first kappa shape index (κ1) is 13.0. The van der Waals surface area contributed by atoms with E-state index in [1.54, 1.807) is 0 Å². The van der Waals surface area contributed by atoms with Crippen molar-refractivity contribution < 1.29 is 22.7 Å². The van der Waals surface area contributed by atoms with Crippen LogP contribution in [0, 0.1) is 11.3 Å². The summed E-state index contributed by atoms with van der Waals surface area (Å²) in [5.41, 5.74) is -1.85. The predicted molar refractivity (Wildman–Crippen MR) is 49.7 cm³/mol. The van der Waals surface area contributed by atoms with Crippen molar-refractivity contribution in [2.24, 2.45) is 0 Å². The number of rotatable bonds is 2. The highest BCUT2D eigenvalue weighted by Crippen LogP contribution is 2.32. The number of alkyl halides is 3. The molecule has 0 amide bonds. The van der Waals surface area contributed by atoms with Crippen LogP contribution < -0.4 is 0 Å². The van der Waals surface area contributed by atoms with Gasteiger partial charge in [0.1, 0.15) is 6.07 Å². The molecule has 0 fully saturated rings. The van der Waals surface area contributed by atoms with E-state index in [2.05, 4.69) is 9.72 Å². The Balaban J connectivity index is 3.26. The summed E-state index contributed by atoms with van der Waals surface area (Å²) in [5.74, 6) is -0.734. The molecule has 1 rings (SSSR count). The van der Waals surface area contributed by atoms with Gasteiger partial charge in [0, 0.05) is 12.4 Å². The maximum Gasteiger partial charge on any atom is 0.419 e. The van der Waals surface area contributed by atoms with E-state index in [1.807, 2.05) is 0 Å². The summed E-state index contributed by atoms with van der Waals surface area (Å²) in [5, 5.41) is 8.72. The third kappa shape index (κ3) is 2.93. The Labute approximate surface area is 94.6 Å². The molecule has 90 valence electrons. The molecule has 17 heavy (non-hydrogen) atoms. The number of aromatic nitrogens is 1. The molecule has 0 saturated carbocycles. The summed E-state index contributed by atoms with van der Waals surface area (Å²) in [6.07, 6.45) is -3.50. The summed E-state index contributed by atoms with van der Waals surface area (Å²) in [4.78, 5) is 14.3. The van der Waals surface area contributed by atoms with Gasteiger partial charge >= 0.3 is 12.1 Å². The van der Waals surface area contributed by atoms with Gasteiger partial charge in [0.05, 0.1) is 24.7 Å². The largest absolute Gasteiger partial charge is 0.469 e. The number of hydrogen-bond acceptors (Lipinski definition) is 4. The number of methoxy groups -OCH3 is 1. The molecule has 1 heterocycles. The van der Waals surface area contributed by atoms with Crippen molar-refractivity contribution in [3.8, 4) is 6.07 Å². The van der Waals surface area contributed by atoms with Crippen molar-refractivity contribution in [1.82, 2.24) is 4.98 Å². The summed E-state index contributed by atoms with van der Waals surface area (Å²) in [7, 11) is 1.11. The monoisotopic (exact) mass is 244 g/mol. The highest BCUT2D eigenvalue weighted by Gasteiger charge is 2.35. The van der Waals surface area contributed by atoms with Gasteiger partial charge in [-0.2, -0.15) is 18.4 Å². The topological polar surface area (TPSA) is 63.0 Å². The fraction of sp³-hybridized carbons (Fsp3) is 0.300. The number of ether oxygens (including phenoxy) is 1. The standard InChI is InChI=1S/C10H7F3N2O2/c1-17-9(16)2-6-4-15-5-8(7(6)3-14)10(11,12)13/h4-5H,2H2,1H3. The molecule has 0 aromatic carbocycles. The van der Waals surface area contributed by atoms with Gasteiger partial charge in [-0.1, -0.05) is 0 Å². The third-order valence-electron chi connectivity index (χ3n) is 2.00. The molecular formula is C10H7F3N2O2. The molecule has 0 saturated heterocycles. The quantitative estimate of drug-likeness (QED) is 0.742. The van der Waals surface area contributed by atoms with E-state index in [0.29, 0.717) is 6.20 Å². The molecular weight excluding hydrogens is 237 g/mol. The minimum Gasteiger partial charge on any atom is -0.469 e. The number of pyridine rings is 1. The Bertz CT molecular complexity index is 477. The van der Waals surface area contributed by atoms with Gasteiger partial charge in [-0.25, -0.2) is 0 Å². The van der Waals surface area contributed by atoms with E-state index in [4.69, 9.17) is 5.26 Å². The zero-order chi connectivity index (χ0) is 13.1. The third-order valence-corrected chi connectivity index (χ3v) is 2.00. The van der Waals surface area contributed by atoms with Gasteiger partial charge < -0.3 is 4.74 Å². The lowest BCUT2D eigenvalue weighted by Crippen LogP contribution is -2.13. The molecule has 1 aromatic rings. The second-order valence-electron chi connectivity index (χ2n) is 3.08. The molecule has 0 atom stereocenters. The highest BCUT2D eigenvalue weighted by molar-refractivity contribution is 5.73. The second-order valence-corrected chi connectivity index (χ2v) is 3.08. The number of nitriles is 1. The Morgan fingerprint density at radius 1 is 1.53 bits per heavy atom. The average Bonchev–Trinajstić information content (AvgIpc) is 2.27. The van der Waals surface area contributed by atoms with E-state index >= 15 is 0 Å². The first-order chi connectivity index (χ1) is 7.90. The average molecular weight is 244 g/mol. The molecule has 1 aromatic heterocycles. The van der Waals surface area contributed by atoms with Gasteiger partial charge in [0.15, 0.2) is 0 Å². The van der Waals surface area contributed by atoms with Crippen molar-refractivity contribution in [1.29, 1.82) is 5.26 Å². The normalized spacial score (nSPS) is 10.8. The zero-order valence-electron chi connectivity index (χ0n) is 8.71. The summed E-state index contributed by atoms with van der Waals surface area (Å²) in [6, 6.07) is 1.43. The minimum absolute atomic E-state index is 0.103. The molecule has 0 aliphatic carbocycles.